The summed E-state index contributed by atoms with van der Waals surface area (Å²) >= 11 is 5.97. The number of aromatic nitrogens is 1. The van der Waals surface area contributed by atoms with Crippen LogP contribution in [0.15, 0.2) is 36.5 Å². The molecule has 0 aliphatic heterocycles. The number of benzene rings is 1. The average molecular weight is 318 g/mol. The lowest BCUT2D eigenvalue weighted by molar-refractivity contribution is 0.102. The largest absolute Gasteiger partial charge is 0.380 e. The Morgan fingerprint density at radius 2 is 1.91 bits per heavy atom. The highest BCUT2D eigenvalue weighted by molar-refractivity contribution is 6.31. The van der Waals surface area contributed by atoms with Crippen LogP contribution in [0.3, 0.4) is 0 Å². The van der Waals surface area contributed by atoms with Crippen LogP contribution in [0.25, 0.3) is 0 Å². The van der Waals surface area contributed by atoms with E-state index in [-0.39, 0.29) is 11.4 Å². The zero-order valence-electron chi connectivity index (χ0n) is 13.2. The Morgan fingerprint density at radius 1 is 1.18 bits per heavy atom. The summed E-state index contributed by atoms with van der Waals surface area (Å²) in [6.45, 7) is 8.09. The molecule has 0 radical (unpaired) electrons. The van der Waals surface area contributed by atoms with Gasteiger partial charge in [-0.3, -0.25) is 9.78 Å². The molecule has 4 nitrogen and oxygen atoms in total. The van der Waals surface area contributed by atoms with Gasteiger partial charge >= 0.3 is 0 Å². The normalized spacial score (nSPS) is 11.1. The van der Waals surface area contributed by atoms with Crippen LogP contribution in [-0.4, -0.2) is 16.4 Å². The summed E-state index contributed by atoms with van der Waals surface area (Å²) < 4.78 is 0. The number of hydrogen-bond acceptors (Lipinski definition) is 3. The third-order valence-corrected chi connectivity index (χ3v) is 3.19. The summed E-state index contributed by atoms with van der Waals surface area (Å²) in [4.78, 5) is 16.5. The maximum Gasteiger partial charge on any atom is 0.274 e. The van der Waals surface area contributed by atoms with Crippen molar-refractivity contribution in [2.24, 2.45) is 0 Å². The maximum absolute atomic E-state index is 12.4. The smallest absolute Gasteiger partial charge is 0.274 e. The van der Waals surface area contributed by atoms with Gasteiger partial charge in [0.25, 0.3) is 5.91 Å². The third-order valence-electron chi connectivity index (χ3n) is 2.96. The molecule has 1 heterocycles. The first kappa shape index (κ1) is 16.3. The van der Waals surface area contributed by atoms with E-state index in [1.54, 1.807) is 24.4 Å². The Labute approximate surface area is 135 Å². The van der Waals surface area contributed by atoms with Crippen LogP contribution in [0.1, 0.15) is 36.8 Å². The van der Waals surface area contributed by atoms with Crippen molar-refractivity contribution in [1.82, 2.24) is 4.98 Å². The van der Waals surface area contributed by atoms with Crippen molar-refractivity contribution in [3.63, 3.8) is 0 Å². The van der Waals surface area contributed by atoms with Crippen molar-refractivity contribution in [3.05, 3.63) is 52.8 Å². The van der Waals surface area contributed by atoms with E-state index in [1.807, 2.05) is 19.1 Å². The van der Waals surface area contributed by atoms with Crippen molar-refractivity contribution in [3.8, 4) is 0 Å². The molecule has 1 aromatic carbocycles. The highest BCUT2D eigenvalue weighted by Gasteiger charge is 2.13. The van der Waals surface area contributed by atoms with Crippen molar-refractivity contribution in [1.29, 1.82) is 0 Å². The molecule has 0 atom stereocenters. The van der Waals surface area contributed by atoms with E-state index in [2.05, 4.69) is 36.4 Å². The van der Waals surface area contributed by atoms with Crippen molar-refractivity contribution < 1.29 is 4.79 Å². The molecule has 116 valence electrons. The second-order valence-corrected chi connectivity index (χ2v) is 6.65. The Hall–Kier alpha value is -2.07. The number of amides is 1. The summed E-state index contributed by atoms with van der Waals surface area (Å²) in [5, 5.41) is 6.74. The van der Waals surface area contributed by atoms with Gasteiger partial charge in [0, 0.05) is 28.1 Å². The van der Waals surface area contributed by atoms with Gasteiger partial charge in [0.15, 0.2) is 0 Å². The number of pyridine rings is 1. The van der Waals surface area contributed by atoms with Crippen LogP contribution in [0.5, 0.6) is 0 Å². The number of anilines is 2. The van der Waals surface area contributed by atoms with Crippen LogP contribution in [0.4, 0.5) is 11.4 Å². The molecular weight excluding hydrogens is 298 g/mol. The topological polar surface area (TPSA) is 54.0 Å². The zero-order valence-corrected chi connectivity index (χ0v) is 14.0. The van der Waals surface area contributed by atoms with E-state index >= 15 is 0 Å². The molecule has 0 spiro atoms. The van der Waals surface area contributed by atoms with Gasteiger partial charge in [-0.25, -0.2) is 0 Å². The number of rotatable bonds is 3. The molecule has 2 rings (SSSR count). The molecule has 0 saturated heterocycles. The lowest BCUT2D eigenvalue weighted by atomic mass is 10.1. The lowest BCUT2D eigenvalue weighted by Crippen LogP contribution is -2.26. The van der Waals surface area contributed by atoms with Gasteiger partial charge in [-0.1, -0.05) is 17.7 Å². The van der Waals surface area contributed by atoms with E-state index in [9.17, 15) is 4.79 Å². The standard InChI is InChI=1S/C17H20ClN3O/c1-11-5-6-12(18)9-14(11)20-16(22)15-10-13(7-8-19-15)21-17(2,3)4/h5-10H,1-4H3,(H,19,21)(H,20,22). The second-order valence-electron chi connectivity index (χ2n) is 6.22. The Bertz CT molecular complexity index is 693. The van der Waals surface area contributed by atoms with Gasteiger partial charge in [0.1, 0.15) is 5.69 Å². The van der Waals surface area contributed by atoms with Crippen LogP contribution >= 0.6 is 11.6 Å². The van der Waals surface area contributed by atoms with E-state index in [0.29, 0.717) is 16.4 Å². The van der Waals surface area contributed by atoms with E-state index < -0.39 is 0 Å². The van der Waals surface area contributed by atoms with Gasteiger partial charge in [-0.05, 0) is 57.5 Å². The minimum Gasteiger partial charge on any atom is -0.380 e. The monoisotopic (exact) mass is 317 g/mol. The second kappa shape index (κ2) is 6.36. The summed E-state index contributed by atoms with van der Waals surface area (Å²) in [5.41, 5.74) is 2.76. The molecule has 0 unspecified atom stereocenters. The number of carbonyl (C=O) groups is 1. The van der Waals surface area contributed by atoms with Gasteiger partial charge in [-0.15, -0.1) is 0 Å². The summed E-state index contributed by atoms with van der Waals surface area (Å²) in [7, 11) is 0. The number of nitrogens with one attached hydrogen (secondary N) is 2. The van der Waals surface area contributed by atoms with Crippen LogP contribution in [-0.2, 0) is 0 Å². The minimum absolute atomic E-state index is 0.0847. The molecule has 0 aliphatic carbocycles. The number of hydrogen-bond donors (Lipinski definition) is 2. The molecule has 0 saturated carbocycles. The molecule has 0 fully saturated rings. The molecule has 1 aromatic heterocycles. The Morgan fingerprint density at radius 3 is 2.59 bits per heavy atom. The first-order valence-corrected chi connectivity index (χ1v) is 7.44. The predicted molar refractivity (Wildman–Crippen MR) is 91.8 cm³/mol. The van der Waals surface area contributed by atoms with E-state index in [4.69, 9.17) is 11.6 Å². The Balaban J connectivity index is 2.19. The quantitative estimate of drug-likeness (QED) is 0.876. The summed E-state index contributed by atoms with van der Waals surface area (Å²) in [6, 6.07) is 8.96. The molecular formula is C17H20ClN3O. The van der Waals surface area contributed by atoms with Gasteiger partial charge in [0.05, 0.1) is 0 Å². The molecule has 22 heavy (non-hydrogen) atoms. The highest BCUT2D eigenvalue weighted by Crippen LogP contribution is 2.21. The molecule has 1 amide bonds. The maximum atomic E-state index is 12.4. The SMILES string of the molecule is Cc1ccc(Cl)cc1NC(=O)c1cc(NC(C)(C)C)ccn1. The van der Waals surface area contributed by atoms with Gasteiger partial charge < -0.3 is 10.6 Å². The fourth-order valence-electron chi connectivity index (χ4n) is 1.98. The van der Waals surface area contributed by atoms with E-state index in [1.165, 1.54) is 0 Å². The van der Waals surface area contributed by atoms with Crippen molar-refractivity contribution in [2.75, 3.05) is 10.6 Å². The zero-order chi connectivity index (χ0) is 16.3. The van der Waals surface area contributed by atoms with Crippen LogP contribution in [0.2, 0.25) is 5.02 Å². The minimum atomic E-state index is -0.261. The molecule has 2 aromatic rings. The fourth-order valence-corrected chi connectivity index (χ4v) is 2.15. The first-order valence-electron chi connectivity index (χ1n) is 7.06. The summed E-state index contributed by atoms with van der Waals surface area (Å²) in [6.07, 6.45) is 1.62. The summed E-state index contributed by atoms with van der Waals surface area (Å²) in [5.74, 6) is -0.261. The third kappa shape index (κ3) is 4.46. The molecule has 0 aliphatic rings. The molecule has 5 heteroatoms. The predicted octanol–water partition coefficient (Wildman–Crippen LogP) is 4.51. The van der Waals surface area contributed by atoms with E-state index in [0.717, 1.165) is 11.3 Å². The number of nitrogens with zero attached hydrogens (tertiary/aromatic N) is 1. The van der Waals surface area contributed by atoms with Gasteiger partial charge in [0.2, 0.25) is 0 Å². The van der Waals surface area contributed by atoms with Crippen molar-refractivity contribution >= 4 is 28.9 Å². The van der Waals surface area contributed by atoms with Crippen molar-refractivity contribution in [2.45, 2.75) is 33.2 Å². The highest BCUT2D eigenvalue weighted by atomic mass is 35.5. The van der Waals surface area contributed by atoms with Crippen LogP contribution < -0.4 is 10.6 Å². The number of carbonyl (C=O) groups excluding carboxylic acids is 1. The van der Waals surface area contributed by atoms with Crippen LogP contribution in [0, 0.1) is 6.92 Å². The molecule has 0 bridgehead atoms. The fraction of sp³-hybridized carbons (Fsp3) is 0.294. The van der Waals surface area contributed by atoms with Gasteiger partial charge in [-0.2, -0.15) is 0 Å². The average Bonchev–Trinajstić information content (AvgIpc) is 2.41. The lowest BCUT2D eigenvalue weighted by Gasteiger charge is -2.22. The molecule has 2 N–H and O–H groups in total. The Kier molecular flexibility index (Phi) is 4.71. The number of halogens is 1. The number of aryl methyl sites for hydroxylation is 1. The first-order chi connectivity index (χ1) is 10.2.